The summed E-state index contributed by atoms with van der Waals surface area (Å²) >= 11 is 0. The highest BCUT2D eigenvalue weighted by Crippen LogP contribution is 2.06. The Hall–Kier alpha value is -1.12. The van der Waals surface area contributed by atoms with Gasteiger partial charge in [-0.3, -0.25) is 9.58 Å². The lowest BCUT2D eigenvalue weighted by molar-refractivity contribution is 0.181. The first kappa shape index (κ1) is 13.3. The SMILES string of the molecule is CS(=O)(=O)N1CCN(CCn2ccc(N)n2)CC1. The van der Waals surface area contributed by atoms with Gasteiger partial charge in [0.25, 0.3) is 0 Å². The molecule has 0 amide bonds. The molecule has 1 aliphatic rings. The van der Waals surface area contributed by atoms with Crippen molar-refractivity contribution in [3.8, 4) is 0 Å². The number of hydrogen-bond donors (Lipinski definition) is 1. The number of nitrogens with zero attached hydrogens (tertiary/aromatic N) is 4. The van der Waals surface area contributed by atoms with E-state index in [4.69, 9.17) is 5.73 Å². The monoisotopic (exact) mass is 273 g/mol. The first-order valence-electron chi connectivity index (χ1n) is 5.91. The van der Waals surface area contributed by atoms with Gasteiger partial charge in [-0.05, 0) is 6.07 Å². The summed E-state index contributed by atoms with van der Waals surface area (Å²) in [6.07, 6.45) is 3.11. The molecule has 0 atom stereocenters. The van der Waals surface area contributed by atoms with Crippen molar-refractivity contribution in [2.75, 3.05) is 44.7 Å². The normalized spacial score (nSPS) is 19.2. The zero-order chi connectivity index (χ0) is 13.2. The summed E-state index contributed by atoms with van der Waals surface area (Å²) in [4.78, 5) is 2.24. The molecular weight excluding hydrogens is 254 g/mol. The Labute approximate surface area is 107 Å². The van der Waals surface area contributed by atoms with Gasteiger partial charge in [0.1, 0.15) is 5.82 Å². The lowest BCUT2D eigenvalue weighted by Gasteiger charge is -2.33. The number of nitrogen functional groups attached to an aromatic ring is 1. The molecule has 2 N–H and O–H groups in total. The number of anilines is 1. The van der Waals surface area contributed by atoms with Gasteiger partial charge in [-0.15, -0.1) is 0 Å². The second kappa shape index (κ2) is 5.25. The summed E-state index contributed by atoms with van der Waals surface area (Å²) in [6.45, 7) is 4.31. The summed E-state index contributed by atoms with van der Waals surface area (Å²) < 4.78 is 26.0. The van der Waals surface area contributed by atoms with E-state index >= 15 is 0 Å². The van der Waals surface area contributed by atoms with Crippen LogP contribution in [0.3, 0.4) is 0 Å². The molecule has 1 aromatic heterocycles. The molecule has 0 aliphatic carbocycles. The van der Waals surface area contributed by atoms with Gasteiger partial charge in [0.2, 0.25) is 10.0 Å². The molecule has 2 heterocycles. The number of aromatic nitrogens is 2. The zero-order valence-corrected chi connectivity index (χ0v) is 11.3. The van der Waals surface area contributed by atoms with Gasteiger partial charge >= 0.3 is 0 Å². The third-order valence-electron chi connectivity index (χ3n) is 3.11. The third kappa shape index (κ3) is 3.44. The molecule has 1 saturated heterocycles. The maximum Gasteiger partial charge on any atom is 0.211 e. The highest BCUT2D eigenvalue weighted by Gasteiger charge is 2.22. The molecule has 1 aromatic rings. The smallest absolute Gasteiger partial charge is 0.211 e. The Morgan fingerprint density at radius 3 is 2.44 bits per heavy atom. The Balaban J connectivity index is 1.77. The number of hydrogen-bond acceptors (Lipinski definition) is 5. The molecule has 102 valence electrons. The van der Waals surface area contributed by atoms with Gasteiger partial charge in [0, 0.05) is 38.9 Å². The van der Waals surface area contributed by atoms with Crippen LogP contribution in [-0.4, -0.2) is 66.4 Å². The predicted molar refractivity (Wildman–Crippen MR) is 69.5 cm³/mol. The first-order chi connectivity index (χ1) is 8.45. The predicted octanol–water partition coefficient (Wildman–Crippen LogP) is -0.957. The van der Waals surface area contributed by atoms with Crippen molar-refractivity contribution in [2.24, 2.45) is 0 Å². The molecule has 0 bridgehead atoms. The summed E-state index contributed by atoms with van der Waals surface area (Å²) in [5.74, 6) is 0.525. The molecule has 8 heteroatoms. The van der Waals surface area contributed by atoms with Crippen LogP contribution in [0.5, 0.6) is 0 Å². The summed E-state index contributed by atoms with van der Waals surface area (Å²) in [6, 6.07) is 1.77. The number of piperazine rings is 1. The summed E-state index contributed by atoms with van der Waals surface area (Å²) in [5.41, 5.74) is 5.53. The fraction of sp³-hybridized carbons (Fsp3) is 0.700. The van der Waals surface area contributed by atoms with Gasteiger partial charge in [0.15, 0.2) is 0 Å². The van der Waals surface area contributed by atoms with Crippen molar-refractivity contribution in [2.45, 2.75) is 6.54 Å². The third-order valence-corrected chi connectivity index (χ3v) is 4.41. The molecule has 0 unspecified atom stereocenters. The van der Waals surface area contributed by atoms with Crippen LogP contribution in [0.4, 0.5) is 5.82 Å². The maximum atomic E-state index is 11.4. The molecule has 18 heavy (non-hydrogen) atoms. The van der Waals surface area contributed by atoms with Crippen molar-refractivity contribution in [3.05, 3.63) is 12.3 Å². The summed E-state index contributed by atoms with van der Waals surface area (Å²) in [5, 5.41) is 4.11. The summed E-state index contributed by atoms with van der Waals surface area (Å²) in [7, 11) is -3.04. The van der Waals surface area contributed by atoms with Crippen molar-refractivity contribution < 1.29 is 8.42 Å². The average Bonchev–Trinajstić information content (AvgIpc) is 2.72. The number of nitrogens with two attached hydrogens (primary N) is 1. The van der Waals surface area contributed by atoms with Crippen LogP contribution >= 0.6 is 0 Å². The molecule has 0 spiro atoms. The number of rotatable bonds is 4. The van der Waals surface area contributed by atoms with E-state index in [1.807, 2.05) is 6.20 Å². The fourth-order valence-electron chi connectivity index (χ4n) is 2.03. The molecule has 1 fully saturated rings. The van der Waals surface area contributed by atoms with Crippen LogP contribution in [0.2, 0.25) is 0 Å². The average molecular weight is 273 g/mol. The Kier molecular flexibility index (Phi) is 3.88. The van der Waals surface area contributed by atoms with E-state index in [1.54, 1.807) is 10.7 Å². The molecule has 1 aliphatic heterocycles. The molecule has 0 saturated carbocycles. The van der Waals surface area contributed by atoms with E-state index in [2.05, 4.69) is 10.00 Å². The van der Waals surface area contributed by atoms with E-state index in [-0.39, 0.29) is 0 Å². The lowest BCUT2D eigenvalue weighted by Crippen LogP contribution is -2.48. The quantitative estimate of drug-likeness (QED) is 0.764. The second-order valence-corrected chi connectivity index (χ2v) is 6.49. The van der Waals surface area contributed by atoms with Crippen LogP contribution in [0.1, 0.15) is 0 Å². The van der Waals surface area contributed by atoms with Gasteiger partial charge < -0.3 is 5.73 Å². The van der Waals surface area contributed by atoms with Gasteiger partial charge in [-0.25, -0.2) is 8.42 Å². The lowest BCUT2D eigenvalue weighted by atomic mass is 10.3. The van der Waals surface area contributed by atoms with Crippen molar-refractivity contribution in [1.29, 1.82) is 0 Å². The maximum absolute atomic E-state index is 11.4. The largest absolute Gasteiger partial charge is 0.382 e. The topological polar surface area (TPSA) is 84.5 Å². The Bertz CT molecular complexity index is 490. The van der Waals surface area contributed by atoms with Crippen molar-refractivity contribution >= 4 is 15.8 Å². The van der Waals surface area contributed by atoms with Crippen molar-refractivity contribution in [1.82, 2.24) is 19.0 Å². The van der Waals surface area contributed by atoms with Crippen LogP contribution in [0, 0.1) is 0 Å². The number of sulfonamides is 1. The standard InChI is InChI=1S/C10H19N5O2S/c1-18(16,17)15-8-5-13(6-9-15)4-7-14-3-2-10(11)12-14/h2-3H,4-9H2,1H3,(H2,11,12). The second-order valence-electron chi connectivity index (χ2n) is 4.51. The molecule has 0 radical (unpaired) electrons. The first-order valence-corrected chi connectivity index (χ1v) is 7.76. The van der Waals surface area contributed by atoms with Gasteiger partial charge in [0.05, 0.1) is 12.8 Å². The zero-order valence-electron chi connectivity index (χ0n) is 10.5. The molecule has 2 rings (SSSR count). The minimum Gasteiger partial charge on any atom is -0.382 e. The van der Waals surface area contributed by atoms with Crippen LogP contribution in [0.25, 0.3) is 0 Å². The fourth-order valence-corrected chi connectivity index (χ4v) is 2.86. The van der Waals surface area contributed by atoms with Gasteiger partial charge in [-0.2, -0.15) is 9.40 Å². The van der Waals surface area contributed by atoms with Crippen LogP contribution in [-0.2, 0) is 16.6 Å². The Morgan fingerprint density at radius 2 is 1.94 bits per heavy atom. The Morgan fingerprint density at radius 1 is 1.28 bits per heavy atom. The van der Waals surface area contributed by atoms with E-state index < -0.39 is 10.0 Å². The van der Waals surface area contributed by atoms with Crippen molar-refractivity contribution in [3.63, 3.8) is 0 Å². The molecule has 0 aromatic carbocycles. The van der Waals surface area contributed by atoms with Crippen LogP contribution < -0.4 is 5.73 Å². The van der Waals surface area contributed by atoms with E-state index in [1.165, 1.54) is 10.6 Å². The minimum atomic E-state index is -3.04. The van der Waals surface area contributed by atoms with E-state index in [0.29, 0.717) is 18.9 Å². The molecular formula is C10H19N5O2S. The van der Waals surface area contributed by atoms with Crippen LogP contribution in [0.15, 0.2) is 12.3 Å². The molecule has 7 nitrogen and oxygen atoms in total. The van der Waals surface area contributed by atoms with E-state index in [0.717, 1.165) is 26.2 Å². The highest BCUT2D eigenvalue weighted by molar-refractivity contribution is 7.88. The van der Waals surface area contributed by atoms with E-state index in [9.17, 15) is 8.42 Å². The minimum absolute atomic E-state index is 0.525. The van der Waals surface area contributed by atoms with Gasteiger partial charge in [-0.1, -0.05) is 0 Å². The highest BCUT2D eigenvalue weighted by atomic mass is 32.2.